The molecule has 1 aromatic rings. The third kappa shape index (κ3) is 4.14. The standard InChI is InChI=1S/C13H17NO5S/c1-9(12(15)14-7-8-19-2)20(18)11-6-4-3-5-10(11)13(16)17/h3-6,9H,7-8H2,1-2H3,(H,14,15)(H,16,17). The average Bonchev–Trinajstić information content (AvgIpc) is 2.45. The number of nitrogens with one attached hydrogen (secondary N) is 1. The summed E-state index contributed by atoms with van der Waals surface area (Å²) in [6.07, 6.45) is 0. The summed E-state index contributed by atoms with van der Waals surface area (Å²) >= 11 is 0. The van der Waals surface area contributed by atoms with Crippen molar-refractivity contribution in [2.45, 2.75) is 17.1 Å². The molecule has 0 aliphatic carbocycles. The summed E-state index contributed by atoms with van der Waals surface area (Å²) in [5.41, 5.74) is -0.0534. The summed E-state index contributed by atoms with van der Waals surface area (Å²) in [6.45, 7) is 2.17. The molecule has 0 spiro atoms. The molecule has 20 heavy (non-hydrogen) atoms. The van der Waals surface area contributed by atoms with Gasteiger partial charge in [0.2, 0.25) is 5.91 Å². The molecule has 0 bridgehead atoms. The molecule has 1 rings (SSSR count). The van der Waals surface area contributed by atoms with E-state index < -0.39 is 27.9 Å². The van der Waals surface area contributed by atoms with E-state index in [4.69, 9.17) is 9.84 Å². The first-order chi connectivity index (χ1) is 9.49. The normalized spacial score (nSPS) is 13.5. The maximum atomic E-state index is 12.3. The summed E-state index contributed by atoms with van der Waals surface area (Å²) in [7, 11) is -0.219. The predicted molar refractivity (Wildman–Crippen MR) is 74.2 cm³/mol. The molecule has 1 amide bonds. The third-order valence-electron chi connectivity index (χ3n) is 2.63. The van der Waals surface area contributed by atoms with E-state index in [1.165, 1.54) is 26.2 Å². The Morgan fingerprint density at radius 1 is 1.40 bits per heavy atom. The van der Waals surface area contributed by atoms with Crippen LogP contribution in [0.25, 0.3) is 0 Å². The van der Waals surface area contributed by atoms with Crippen molar-refractivity contribution in [2.75, 3.05) is 20.3 Å². The second-order valence-corrected chi connectivity index (χ2v) is 5.77. The lowest BCUT2D eigenvalue weighted by Gasteiger charge is -2.13. The molecule has 2 N–H and O–H groups in total. The van der Waals surface area contributed by atoms with Gasteiger partial charge in [-0.1, -0.05) is 12.1 Å². The van der Waals surface area contributed by atoms with Crippen LogP contribution in [0.5, 0.6) is 0 Å². The molecule has 7 heteroatoms. The SMILES string of the molecule is COCCNC(=O)C(C)S(=O)c1ccccc1C(=O)O. The molecule has 0 saturated carbocycles. The van der Waals surface area contributed by atoms with Crippen LogP contribution < -0.4 is 5.32 Å². The first-order valence-corrected chi connectivity index (χ1v) is 7.20. The van der Waals surface area contributed by atoms with Crippen LogP contribution in [0, 0.1) is 0 Å². The van der Waals surface area contributed by atoms with Gasteiger partial charge in [0.1, 0.15) is 5.25 Å². The van der Waals surface area contributed by atoms with Crippen molar-refractivity contribution in [3.05, 3.63) is 29.8 Å². The molecule has 0 saturated heterocycles. The third-order valence-corrected chi connectivity index (χ3v) is 4.28. The molecule has 0 aromatic heterocycles. The molecule has 0 aliphatic heterocycles. The van der Waals surface area contributed by atoms with Crippen LogP contribution in [0.1, 0.15) is 17.3 Å². The largest absolute Gasteiger partial charge is 0.478 e. The number of carboxylic acids is 1. The van der Waals surface area contributed by atoms with Crippen LogP contribution in [0.2, 0.25) is 0 Å². The van der Waals surface area contributed by atoms with Crippen molar-refractivity contribution >= 4 is 22.7 Å². The highest BCUT2D eigenvalue weighted by atomic mass is 32.2. The second kappa shape index (κ2) is 7.76. The van der Waals surface area contributed by atoms with Crippen LogP contribution in [-0.2, 0) is 20.3 Å². The molecule has 0 fully saturated rings. The van der Waals surface area contributed by atoms with Gasteiger partial charge in [0, 0.05) is 13.7 Å². The van der Waals surface area contributed by atoms with Gasteiger partial charge in [-0.3, -0.25) is 9.00 Å². The van der Waals surface area contributed by atoms with E-state index in [0.29, 0.717) is 13.2 Å². The fourth-order valence-corrected chi connectivity index (χ4v) is 2.77. The zero-order valence-corrected chi connectivity index (χ0v) is 12.1. The Morgan fingerprint density at radius 2 is 2.05 bits per heavy atom. The van der Waals surface area contributed by atoms with Crippen LogP contribution >= 0.6 is 0 Å². The van der Waals surface area contributed by atoms with E-state index in [2.05, 4.69) is 5.32 Å². The number of carbonyl (C=O) groups excluding carboxylic acids is 1. The van der Waals surface area contributed by atoms with Crippen LogP contribution in [-0.4, -0.2) is 46.7 Å². The number of methoxy groups -OCH3 is 1. The lowest BCUT2D eigenvalue weighted by molar-refractivity contribution is -0.120. The lowest BCUT2D eigenvalue weighted by Crippen LogP contribution is -2.37. The van der Waals surface area contributed by atoms with Crippen molar-refractivity contribution in [3.63, 3.8) is 0 Å². The molecule has 0 heterocycles. The molecule has 2 unspecified atom stereocenters. The van der Waals surface area contributed by atoms with Crippen molar-refractivity contribution in [3.8, 4) is 0 Å². The van der Waals surface area contributed by atoms with Gasteiger partial charge in [0.25, 0.3) is 0 Å². The summed E-state index contributed by atoms with van der Waals surface area (Å²) < 4.78 is 17.1. The first-order valence-electron chi connectivity index (χ1n) is 5.98. The number of carbonyl (C=O) groups is 2. The lowest BCUT2D eigenvalue weighted by atomic mass is 10.2. The highest BCUT2D eigenvalue weighted by molar-refractivity contribution is 7.86. The molecule has 1 aromatic carbocycles. The van der Waals surface area contributed by atoms with E-state index in [9.17, 15) is 13.8 Å². The summed E-state index contributed by atoms with van der Waals surface area (Å²) in [4.78, 5) is 23.0. The Bertz CT molecular complexity index is 517. The Morgan fingerprint density at radius 3 is 2.65 bits per heavy atom. The van der Waals surface area contributed by atoms with E-state index >= 15 is 0 Å². The van der Waals surface area contributed by atoms with Gasteiger partial charge >= 0.3 is 5.97 Å². The average molecular weight is 299 g/mol. The Hall–Kier alpha value is -1.73. The van der Waals surface area contributed by atoms with Crippen molar-refractivity contribution in [2.24, 2.45) is 0 Å². The number of ether oxygens (including phenoxy) is 1. The van der Waals surface area contributed by atoms with Crippen LogP contribution in [0.4, 0.5) is 0 Å². The maximum Gasteiger partial charge on any atom is 0.336 e. The Kier molecular flexibility index (Phi) is 6.33. The van der Waals surface area contributed by atoms with Crippen molar-refractivity contribution < 1.29 is 23.6 Å². The maximum absolute atomic E-state index is 12.3. The smallest absolute Gasteiger partial charge is 0.336 e. The van der Waals surface area contributed by atoms with Crippen LogP contribution in [0.15, 0.2) is 29.2 Å². The van der Waals surface area contributed by atoms with Gasteiger partial charge in [-0.05, 0) is 19.1 Å². The Balaban J connectivity index is 2.84. The van der Waals surface area contributed by atoms with Gasteiger partial charge in [-0.2, -0.15) is 0 Å². The van der Waals surface area contributed by atoms with E-state index in [-0.39, 0.29) is 10.5 Å². The second-order valence-electron chi connectivity index (χ2n) is 4.02. The molecule has 0 aliphatic rings. The fraction of sp³-hybridized carbons (Fsp3) is 0.385. The fourth-order valence-electron chi connectivity index (χ4n) is 1.53. The van der Waals surface area contributed by atoms with Crippen LogP contribution in [0.3, 0.4) is 0 Å². The van der Waals surface area contributed by atoms with Gasteiger partial charge in [-0.25, -0.2) is 4.79 Å². The van der Waals surface area contributed by atoms with Gasteiger partial charge in [-0.15, -0.1) is 0 Å². The van der Waals surface area contributed by atoms with Gasteiger partial charge in [0.05, 0.1) is 27.9 Å². The Labute approximate surface area is 119 Å². The summed E-state index contributed by atoms with van der Waals surface area (Å²) in [6, 6.07) is 5.96. The number of amides is 1. The summed E-state index contributed by atoms with van der Waals surface area (Å²) in [5, 5.41) is 10.8. The zero-order chi connectivity index (χ0) is 15.1. The topological polar surface area (TPSA) is 92.7 Å². The van der Waals surface area contributed by atoms with Crippen molar-refractivity contribution in [1.29, 1.82) is 0 Å². The van der Waals surface area contributed by atoms with Gasteiger partial charge < -0.3 is 15.2 Å². The number of hydrogen-bond acceptors (Lipinski definition) is 4. The number of hydrogen-bond donors (Lipinski definition) is 2. The predicted octanol–water partition coefficient (Wildman–Crippen LogP) is 0.643. The molecule has 6 nitrogen and oxygen atoms in total. The zero-order valence-electron chi connectivity index (χ0n) is 11.3. The van der Waals surface area contributed by atoms with E-state index in [1.54, 1.807) is 12.1 Å². The molecular weight excluding hydrogens is 282 g/mol. The minimum atomic E-state index is -1.73. The van der Waals surface area contributed by atoms with Gasteiger partial charge in [0.15, 0.2) is 0 Å². The molecule has 2 atom stereocenters. The van der Waals surface area contributed by atoms with Crippen molar-refractivity contribution in [1.82, 2.24) is 5.32 Å². The molecule has 110 valence electrons. The monoisotopic (exact) mass is 299 g/mol. The first kappa shape index (κ1) is 16.3. The van der Waals surface area contributed by atoms with E-state index in [0.717, 1.165) is 0 Å². The number of rotatable bonds is 7. The minimum absolute atomic E-state index is 0.0534. The molecule has 0 radical (unpaired) electrons. The number of carboxylic acid groups (broad SMARTS) is 1. The highest BCUT2D eigenvalue weighted by Gasteiger charge is 2.24. The minimum Gasteiger partial charge on any atom is -0.478 e. The van der Waals surface area contributed by atoms with E-state index in [1.807, 2.05) is 0 Å². The quantitative estimate of drug-likeness (QED) is 0.721. The highest BCUT2D eigenvalue weighted by Crippen LogP contribution is 2.17. The molecular formula is C13H17NO5S. The number of aromatic carboxylic acids is 1. The summed E-state index contributed by atoms with van der Waals surface area (Å²) in [5.74, 6) is -1.57. The number of benzene rings is 1.